The molecule has 0 aliphatic rings. The van der Waals surface area contributed by atoms with Crippen molar-refractivity contribution in [1.29, 1.82) is 0 Å². The number of methoxy groups -OCH3 is 2. The number of carbonyl (C=O) groups excluding carboxylic acids is 2. The monoisotopic (exact) mass is 293 g/mol. The van der Waals surface area contributed by atoms with E-state index in [0.717, 1.165) is 5.56 Å². The number of hydrogen-bond acceptors (Lipinski definition) is 4. The van der Waals surface area contributed by atoms with Gasteiger partial charge in [-0.15, -0.1) is 0 Å². The average molecular weight is 293 g/mol. The van der Waals surface area contributed by atoms with Gasteiger partial charge in [0.05, 0.1) is 20.3 Å². The highest BCUT2D eigenvalue weighted by molar-refractivity contribution is 5.89. The molecule has 0 saturated heterocycles. The van der Waals surface area contributed by atoms with Gasteiger partial charge >= 0.3 is 0 Å². The van der Waals surface area contributed by atoms with Gasteiger partial charge in [-0.1, -0.05) is 19.9 Å². The van der Waals surface area contributed by atoms with Crippen molar-refractivity contribution in [3.8, 4) is 11.5 Å². The van der Waals surface area contributed by atoms with E-state index in [2.05, 4.69) is 5.32 Å². The van der Waals surface area contributed by atoms with Crippen LogP contribution in [-0.4, -0.2) is 32.0 Å². The molecular weight excluding hydrogens is 270 g/mol. The lowest BCUT2D eigenvalue weighted by atomic mass is 9.95. The topological polar surface area (TPSA) is 64.6 Å². The van der Waals surface area contributed by atoms with E-state index in [-0.39, 0.29) is 17.6 Å². The number of carbonyl (C=O) groups is 2. The number of ether oxygens (including phenoxy) is 2. The second-order valence-electron chi connectivity index (χ2n) is 5.20. The summed E-state index contributed by atoms with van der Waals surface area (Å²) in [5.41, 5.74) is 0.903. The fourth-order valence-electron chi connectivity index (χ4n) is 2.11. The molecule has 1 aromatic carbocycles. The SMILES string of the molecule is COc1ccc(C[C@@H](NC(C)=O)C(=O)C(C)C)cc1OC. The minimum Gasteiger partial charge on any atom is -0.493 e. The maximum Gasteiger partial charge on any atom is 0.217 e. The Morgan fingerprint density at radius 3 is 2.24 bits per heavy atom. The third-order valence-corrected chi connectivity index (χ3v) is 3.18. The van der Waals surface area contributed by atoms with Crippen LogP contribution >= 0.6 is 0 Å². The highest BCUT2D eigenvalue weighted by Gasteiger charge is 2.22. The zero-order chi connectivity index (χ0) is 16.0. The molecule has 0 aliphatic heterocycles. The first-order valence-electron chi connectivity index (χ1n) is 6.90. The molecule has 0 heterocycles. The van der Waals surface area contributed by atoms with Gasteiger partial charge in [0.15, 0.2) is 17.3 Å². The average Bonchev–Trinajstić information content (AvgIpc) is 2.44. The molecule has 0 aliphatic carbocycles. The molecule has 0 spiro atoms. The number of amides is 1. The van der Waals surface area contributed by atoms with E-state index in [0.29, 0.717) is 17.9 Å². The molecule has 0 saturated carbocycles. The minimum atomic E-state index is -0.527. The van der Waals surface area contributed by atoms with Gasteiger partial charge in [0.25, 0.3) is 0 Å². The molecule has 0 fully saturated rings. The Balaban J connectivity index is 2.97. The van der Waals surface area contributed by atoms with Gasteiger partial charge in [0.2, 0.25) is 5.91 Å². The molecule has 0 bridgehead atoms. The van der Waals surface area contributed by atoms with Crippen LogP contribution in [0.5, 0.6) is 11.5 Å². The van der Waals surface area contributed by atoms with Crippen molar-refractivity contribution in [2.75, 3.05) is 14.2 Å². The number of ketones is 1. The van der Waals surface area contributed by atoms with Crippen LogP contribution in [0.2, 0.25) is 0 Å². The van der Waals surface area contributed by atoms with Gasteiger partial charge in [-0.2, -0.15) is 0 Å². The fourth-order valence-corrected chi connectivity index (χ4v) is 2.11. The van der Waals surface area contributed by atoms with Crippen LogP contribution in [0, 0.1) is 5.92 Å². The predicted molar refractivity (Wildman–Crippen MR) is 80.7 cm³/mol. The van der Waals surface area contributed by atoms with Crippen molar-refractivity contribution < 1.29 is 19.1 Å². The third kappa shape index (κ3) is 4.77. The third-order valence-electron chi connectivity index (χ3n) is 3.18. The molecule has 0 unspecified atom stereocenters. The lowest BCUT2D eigenvalue weighted by Gasteiger charge is -2.19. The van der Waals surface area contributed by atoms with E-state index in [9.17, 15) is 9.59 Å². The molecule has 1 aromatic rings. The Hall–Kier alpha value is -2.04. The van der Waals surface area contributed by atoms with Gasteiger partial charge < -0.3 is 14.8 Å². The van der Waals surface area contributed by atoms with E-state index in [1.807, 2.05) is 26.0 Å². The standard InChI is InChI=1S/C16H23NO4/c1-10(2)16(19)13(17-11(3)18)8-12-6-7-14(20-4)15(9-12)21-5/h6-7,9-10,13H,8H2,1-5H3,(H,17,18)/t13-/m1/s1. The van der Waals surface area contributed by atoms with E-state index in [4.69, 9.17) is 9.47 Å². The molecule has 1 amide bonds. The van der Waals surface area contributed by atoms with Crippen LogP contribution < -0.4 is 14.8 Å². The number of Topliss-reactive ketones (excluding diaryl/α,β-unsaturated/α-hetero) is 1. The predicted octanol–water partition coefficient (Wildman–Crippen LogP) is 1.98. The molecule has 0 radical (unpaired) electrons. The molecule has 0 aromatic heterocycles. The maximum atomic E-state index is 12.2. The van der Waals surface area contributed by atoms with E-state index < -0.39 is 6.04 Å². The number of benzene rings is 1. The van der Waals surface area contributed by atoms with Crippen LogP contribution in [0.4, 0.5) is 0 Å². The highest BCUT2D eigenvalue weighted by atomic mass is 16.5. The van der Waals surface area contributed by atoms with Crippen LogP contribution in [0.3, 0.4) is 0 Å². The largest absolute Gasteiger partial charge is 0.493 e. The summed E-state index contributed by atoms with van der Waals surface area (Å²) in [6.45, 7) is 5.06. The molecule has 1 atom stereocenters. The molecule has 116 valence electrons. The normalized spacial score (nSPS) is 11.9. The molecule has 5 heteroatoms. The van der Waals surface area contributed by atoms with Crippen molar-refractivity contribution in [3.05, 3.63) is 23.8 Å². The zero-order valence-corrected chi connectivity index (χ0v) is 13.2. The van der Waals surface area contributed by atoms with Gasteiger partial charge in [-0.25, -0.2) is 0 Å². The number of rotatable bonds is 7. The summed E-state index contributed by atoms with van der Waals surface area (Å²) in [5, 5.41) is 2.72. The first kappa shape index (κ1) is 17.0. The lowest BCUT2D eigenvalue weighted by Crippen LogP contribution is -2.43. The summed E-state index contributed by atoms with van der Waals surface area (Å²) in [4.78, 5) is 23.5. The Morgan fingerprint density at radius 1 is 1.14 bits per heavy atom. The Kier molecular flexibility index (Phi) is 6.21. The van der Waals surface area contributed by atoms with E-state index in [1.54, 1.807) is 20.3 Å². The van der Waals surface area contributed by atoms with Crippen LogP contribution in [0.15, 0.2) is 18.2 Å². The Labute approximate surface area is 125 Å². The number of hydrogen-bond donors (Lipinski definition) is 1. The Morgan fingerprint density at radius 2 is 1.76 bits per heavy atom. The lowest BCUT2D eigenvalue weighted by molar-refractivity contribution is -0.128. The maximum absolute atomic E-state index is 12.2. The van der Waals surface area contributed by atoms with Crippen molar-refractivity contribution >= 4 is 11.7 Å². The smallest absolute Gasteiger partial charge is 0.217 e. The summed E-state index contributed by atoms with van der Waals surface area (Å²) < 4.78 is 10.4. The van der Waals surface area contributed by atoms with Crippen LogP contribution in [0.1, 0.15) is 26.3 Å². The summed E-state index contributed by atoms with van der Waals surface area (Å²) in [6.07, 6.45) is 0.428. The molecule has 1 rings (SSSR count). The fraction of sp³-hybridized carbons (Fsp3) is 0.500. The minimum absolute atomic E-state index is 0.0139. The van der Waals surface area contributed by atoms with Crippen molar-refractivity contribution in [2.45, 2.75) is 33.2 Å². The second-order valence-corrected chi connectivity index (χ2v) is 5.20. The van der Waals surface area contributed by atoms with Crippen molar-refractivity contribution in [3.63, 3.8) is 0 Å². The molecule has 1 N–H and O–H groups in total. The van der Waals surface area contributed by atoms with Crippen LogP contribution in [-0.2, 0) is 16.0 Å². The summed E-state index contributed by atoms with van der Waals surface area (Å²) in [5.74, 6) is 0.900. The summed E-state index contributed by atoms with van der Waals surface area (Å²) >= 11 is 0. The van der Waals surface area contributed by atoms with E-state index >= 15 is 0 Å². The highest BCUT2D eigenvalue weighted by Crippen LogP contribution is 2.28. The van der Waals surface area contributed by atoms with Crippen LogP contribution in [0.25, 0.3) is 0 Å². The quantitative estimate of drug-likeness (QED) is 0.835. The molecule has 5 nitrogen and oxygen atoms in total. The second kappa shape index (κ2) is 7.67. The van der Waals surface area contributed by atoms with Crippen molar-refractivity contribution in [1.82, 2.24) is 5.32 Å². The van der Waals surface area contributed by atoms with Gasteiger partial charge in [0, 0.05) is 12.8 Å². The first-order chi connectivity index (χ1) is 9.88. The molecular formula is C16H23NO4. The summed E-state index contributed by atoms with van der Waals surface area (Å²) in [7, 11) is 3.13. The van der Waals surface area contributed by atoms with Gasteiger partial charge in [-0.3, -0.25) is 9.59 Å². The first-order valence-corrected chi connectivity index (χ1v) is 6.90. The van der Waals surface area contributed by atoms with Crippen molar-refractivity contribution in [2.24, 2.45) is 5.92 Å². The Bertz CT molecular complexity index is 511. The van der Waals surface area contributed by atoms with E-state index in [1.165, 1.54) is 6.92 Å². The summed E-state index contributed by atoms with van der Waals surface area (Å²) in [6, 6.07) is 4.95. The number of nitrogens with one attached hydrogen (secondary N) is 1. The van der Waals surface area contributed by atoms with Gasteiger partial charge in [-0.05, 0) is 24.1 Å². The zero-order valence-electron chi connectivity index (χ0n) is 13.2. The van der Waals surface area contributed by atoms with Gasteiger partial charge in [0.1, 0.15) is 0 Å². The molecule has 21 heavy (non-hydrogen) atoms.